The highest BCUT2D eigenvalue weighted by atomic mass is 35.5. The van der Waals surface area contributed by atoms with Gasteiger partial charge in [-0.2, -0.15) is 0 Å². The van der Waals surface area contributed by atoms with E-state index >= 15 is 0 Å². The van der Waals surface area contributed by atoms with Crippen LogP contribution in [0, 0.1) is 0 Å². The van der Waals surface area contributed by atoms with Crippen molar-refractivity contribution >= 4 is 28.3 Å². The SMILES string of the molecule is COC(Cl)(C(=O)c1ccccc1)c1cc2ccccc2[nH]1. The lowest BCUT2D eigenvalue weighted by atomic mass is 10.0. The highest BCUT2D eigenvalue weighted by Crippen LogP contribution is 2.35. The van der Waals surface area contributed by atoms with Crippen molar-refractivity contribution in [1.82, 2.24) is 4.98 Å². The first-order valence-corrected chi connectivity index (χ1v) is 6.95. The third-order valence-corrected chi connectivity index (χ3v) is 4.02. The predicted molar refractivity (Wildman–Crippen MR) is 83.6 cm³/mol. The number of hydrogen-bond donors (Lipinski definition) is 1. The van der Waals surface area contributed by atoms with Gasteiger partial charge in [0.15, 0.2) is 0 Å². The fourth-order valence-corrected chi connectivity index (χ4v) is 2.56. The lowest BCUT2D eigenvalue weighted by Crippen LogP contribution is -2.32. The minimum atomic E-state index is -1.56. The zero-order chi connectivity index (χ0) is 14.9. The monoisotopic (exact) mass is 299 g/mol. The molecule has 0 aliphatic rings. The van der Waals surface area contributed by atoms with Crippen molar-refractivity contribution in [2.45, 2.75) is 5.06 Å². The molecule has 3 rings (SSSR count). The number of hydrogen-bond acceptors (Lipinski definition) is 2. The van der Waals surface area contributed by atoms with Crippen LogP contribution in [0.5, 0.6) is 0 Å². The first-order valence-electron chi connectivity index (χ1n) is 6.57. The number of fused-ring (bicyclic) bond motifs is 1. The van der Waals surface area contributed by atoms with Gasteiger partial charge in [-0.15, -0.1) is 0 Å². The van der Waals surface area contributed by atoms with E-state index in [9.17, 15) is 4.79 Å². The average Bonchev–Trinajstić information content (AvgIpc) is 2.98. The van der Waals surface area contributed by atoms with Crippen LogP contribution in [-0.2, 0) is 9.80 Å². The summed E-state index contributed by atoms with van der Waals surface area (Å²) in [6, 6.07) is 18.5. The van der Waals surface area contributed by atoms with Crippen molar-refractivity contribution in [3.8, 4) is 0 Å². The Morgan fingerprint density at radius 2 is 1.76 bits per heavy atom. The Morgan fingerprint density at radius 3 is 2.43 bits per heavy atom. The molecule has 21 heavy (non-hydrogen) atoms. The molecule has 0 aliphatic carbocycles. The van der Waals surface area contributed by atoms with E-state index in [1.807, 2.05) is 36.4 Å². The van der Waals surface area contributed by atoms with Gasteiger partial charge in [0.2, 0.25) is 10.8 Å². The van der Waals surface area contributed by atoms with Crippen molar-refractivity contribution in [2.75, 3.05) is 7.11 Å². The van der Waals surface area contributed by atoms with Gasteiger partial charge >= 0.3 is 0 Å². The molecule has 2 aromatic carbocycles. The molecule has 3 aromatic rings. The van der Waals surface area contributed by atoms with E-state index < -0.39 is 5.06 Å². The van der Waals surface area contributed by atoms with Crippen molar-refractivity contribution in [2.24, 2.45) is 0 Å². The number of rotatable bonds is 4. The fraction of sp³-hybridized carbons (Fsp3) is 0.118. The molecule has 3 nitrogen and oxygen atoms in total. The Morgan fingerprint density at radius 1 is 1.10 bits per heavy atom. The quantitative estimate of drug-likeness (QED) is 0.582. The smallest absolute Gasteiger partial charge is 0.245 e. The topological polar surface area (TPSA) is 42.1 Å². The maximum Gasteiger partial charge on any atom is 0.245 e. The number of ketones is 1. The second-order valence-electron chi connectivity index (χ2n) is 4.76. The van der Waals surface area contributed by atoms with Crippen molar-refractivity contribution < 1.29 is 9.53 Å². The summed E-state index contributed by atoms with van der Waals surface area (Å²) < 4.78 is 5.35. The summed E-state index contributed by atoms with van der Waals surface area (Å²) in [4.78, 5) is 15.9. The number of H-pyrrole nitrogens is 1. The van der Waals surface area contributed by atoms with Gasteiger partial charge in [-0.25, -0.2) is 0 Å². The van der Waals surface area contributed by atoms with E-state index in [1.165, 1.54) is 7.11 Å². The molecule has 0 bridgehead atoms. The first kappa shape index (κ1) is 13.9. The normalized spacial score (nSPS) is 14.0. The lowest BCUT2D eigenvalue weighted by molar-refractivity contribution is 0.0419. The summed E-state index contributed by atoms with van der Waals surface area (Å²) in [7, 11) is 1.43. The minimum absolute atomic E-state index is 0.293. The number of methoxy groups -OCH3 is 1. The van der Waals surface area contributed by atoms with E-state index in [-0.39, 0.29) is 5.78 Å². The molecule has 1 aromatic heterocycles. The molecule has 1 atom stereocenters. The van der Waals surface area contributed by atoms with E-state index in [0.29, 0.717) is 11.3 Å². The molecule has 0 radical (unpaired) electrons. The van der Waals surface area contributed by atoms with Gasteiger partial charge in [0.05, 0.1) is 5.69 Å². The number of carbonyl (C=O) groups excluding carboxylic acids is 1. The van der Waals surface area contributed by atoms with Crippen LogP contribution in [0.2, 0.25) is 0 Å². The van der Waals surface area contributed by atoms with Crippen molar-refractivity contribution in [3.05, 3.63) is 71.9 Å². The van der Waals surface area contributed by atoms with E-state index in [2.05, 4.69) is 4.98 Å². The Hall–Kier alpha value is -2.10. The number of para-hydroxylation sites is 1. The summed E-state index contributed by atoms with van der Waals surface area (Å²) in [6.07, 6.45) is 0. The number of alkyl halides is 1. The second kappa shape index (κ2) is 5.35. The molecular formula is C17H14ClNO2. The van der Waals surface area contributed by atoms with Crippen LogP contribution >= 0.6 is 11.6 Å². The van der Waals surface area contributed by atoms with E-state index in [0.717, 1.165) is 10.9 Å². The number of aromatic nitrogens is 1. The molecule has 106 valence electrons. The molecule has 0 aliphatic heterocycles. The largest absolute Gasteiger partial charge is 0.355 e. The van der Waals surface area contributed by atoms with Gasteiger partial charge in [0, 0.05) is 18.2 Å². The van der Waals surface area contributed by atoms with Crippen molar-refractivity contribution in [3.63, 3.8) is 0 Å². The number of halogens is 1. The van der Waals surface area contributed by atoms with Gasteiger partial charge in [0.25, 0.3) is 0 Å². The zero-order valence-electron chi connectivity index (χ0n) is 11.5. The summed E-state index contributed by atoms with van der Waals surface area (Å²) in [5.74, 6) is -0.293. The van der Waals surface area contributed by atoms with Gasteiger partial charge in [-0.1, -0.05) is 60.1 Å². The molecule has 0 fully saturated rings. The van der Waals surface area contributed by atoms with Crippen molar-refractivity contribution in [1.29, 1.82) is 0 Å². The Labute approximate surface area is 127 Å². The second-order valence-corrected chi connectivity index (χ2v) is 5.30. The summed E-state index contributed by atoms with van der Waals surface area (Å²) >= 11 is 6.50. The minimum Gasteiger partial charge on any atom is -0.355 e. The summed E-state index contributed by atoms with van der Waals surface area (Å²) in [5, 5.41) is -0.573. The van der Waals surface area contributed by atoms with Crippen LogP contribution < -0.4 is 0 Å². The molecule has 1 unspecified atom stereocenters. The number of carbonyl (C=O) groups is 1. The Balaban J connectivity index is 2.09. The van der Waals surface area contributed by atoms with E-state index in [1.54, 1.807) is 24.3 Å². The van der Waals surface area contributed by atoms with Gasteiger partial charge in [-0.3, -0.25) is 4.79 Å². The summed E-state index contributed by atoms with van der Waals surface area (Å²) in [6.45, 7) is 0. The van der Waals surface area contributed by atoms with Crippen LogP contribution in [-0.4, -0.2) is 17.9 Å². The van der Waals surface area contributed by atoms with E-state index in [4.69, 9.17) is 16.3 Å². The Bertz CT molecular complexity index is 749. The Kier molecular flexibility index (Phi) is 3.53. The third-order valence-electron chi connectivity index (χ3n) is 3.49. The van der Waals surface area contributed by atoms with Gasteiger partial charge < -0.3 is 9.72 Å². The number of benzene rings is 2. The molecule has 4 heteroatoms. The molecule has 1 N–H and O–H groups in total. The van der Waals surface area contributed by atoms with Gasteiger partial charge in [0.1, 0.15) is 0 Å². The van der Waals surface area contributed by atoms with Crippen LogP contribution in [0.25, 0.3) is 10.9 Å². The molecule has 0 saturated carbocycles. The number of aromatic amines is 1. The standard InChI is InChI=1S/C17H14ClNO2/c1-21-17(18,16(20)12-7-3-2-4-8-12)15-11-13-9-5-6-10-14(13)19-15/h2-11,19H,1H3. The van der Waals surface area contributed by atoms with Crippen LogP contribution in [0.1, 0.15) is 16.1 Å². The predicted octanol–water partition coefficient (Wildman–Crippen LogP) is 4.09. The number of nitrogens with one attached hydrogen (secondary N) is 1. The highest BCUT2D eigenvalue weighted by molar-refractivity contribution is 6.36. The molecule has 0 amide bonds. The molecule has 0 spiro atoms. The third kappa shape index (κ3) is 2.35. The fourth-order valence-electron chi connectivity index (χ4n) is 2.35. The van der Waals surface area contributed by atoms with Gasteiger partial charge in [-0.05, 0) is 17.5 Å². The van der Waals surface area contributed by atoms with Crippen LogP contribution in [0.3, 0.4) is 0 Å². The molecule has 1 heterocycles. The average molecular weight is 300 g/mol. The molecule has 0 saturated heterocycles. The van der Waals surface area contributed by atoms with Crippen LogP contribution in [0.15, 0.2) is 60.7 Å². The molecular weight excluding hydrogens is 286 g/mol. The maximum atomic E-state index is 12.7. The highest BCUT2D eigenvalue weighted by Gasteiger charge is 2.40. The first-order chi connectivity index (χ1) is 10.1. The number of Topliss-reactive ketones (excluding diaryl/α,β-unsaturated/α-hetero) is 1. The number of ether oxygens (including phenoxy) is 1. The summed E-state index contributed by atoms with van der Waals surface area (Å²) in [5.41, 5.74) is 1.95. The van der Waals surface area contributed by atoms with Crippen LogP contribution in [0.4, 0.5) is 0 Å². The lowest BCUT2D eigenvalue weighted by Gasteiger charge is -2.22. The zero-order valence-corrected chi connectivity index (χ0v) is 12.2. The maximum absolute atomic E-state index is 12.7.